The van der Waals surface area contributed by atoms with Gasteiger partial charge in [0.15, 0.2) is 0 Å². The number of amides is 2. The van der Waals surface area contributed by atoms with Crippen LogP contribution in [0.15, 0.2) is 60.7 Å². The van der Waals surface area contributed by atoms with Gasteiger partial charge in [-0.05, 0) is 41.5 Å². The van der Waals surface area contributed by atoms with Gasteiger partial charge in [0.1, 0.15) is 12.3 Å². The molecule has 0 radical (unpaired) electrons. The lowest BCUT2D eigenvalue weighted by Gasteiger charge is -2.29. The molecular formula is C24H31N4O3+. The third kappa shape index (κ3) is 6.86. The summed E-state index contributed by atoms with van der Waals surface area (Å²) >= 11 is 0. The van der Waals surface area contributed by atoms with E-state index in [1.807, 2.05) is 36.4 Å². The Balaban J connectivity index is 1.41. The summed E-state index contributed by atoms with van der Waals surface area (Å²) in [4.78, 5) is 25.9. The van der Waals surface area contributed by atoms with Crippen LogP contribution in [0, 0.1) is 0 Å². The number of hydrogen-bond donors (Lipinski definition) is 3. The molecule has 0 spiro atoms. The number of benzene rings is 2. The largest absolute Gasteiger partial charge is 0.497 e. The Morgan fingerprint density at radius 1 is 1.13 bits per heavy atom. The summed E-state index contributed by atoms with van der Waals surface area (Å²) in [6.45, 7) is 2.39. The quantitative estimate of drug-likeness (QED) is 0.525. The first-order chi connectivity index (χ1) is 15.0. The van der Waals surface area contributed by atoms with Crippen LogP contribution in [-0.4, -0.2) is 57.2 Å². The molecule has 3 rings (SSSR count). The standard InChI is InChI=1S/C24H30N4O3/c1-27(16-14-19-6-4-3-5-7-19)17-15-25-23(29)18-28-24(30)13-12-22(26-28)20-8-10-21(31-2)11-9-20/h3-12,26H,13-18H2,1-2H3,(H,25,29)/p+1. The smallest absolute Gasteiger partial charge is 0.245 e. The van der Waals surface area contributed by atoms with E-state index in [0.29, 0.717) is 6.54 Å². The van der Waals surface area contributed by atoms with Gasteiger partial charge in [0.2, 0.25) is 11.8 Å². The predicted molar refractivity (Wildman–Crippen MR) is 120 cm³/mol. The SMILES string of the molecule is COc1ccc(C2=CCC(=O)N(CC(=O)NCC[NH+](C)CCc3ccccc3)N2)cc1. The average molecular weight is 424 g/mol. The van der Waals surface area contributed by atoms with Crippen molar-refractivity contribution in [2.75, 3.05) is 40.3 Å². The molecule has 1 atom stereocenters. The molecule has 2 aromatic rings. The van der Waals surface area contributed by atoms with Crippen LogP contribution in [0.3, 0.4) is 0 Å². The highest BCUT2D eigenvalue weighted by atomic mass is 16.5. The minimum atomic E-state index is -0.173. The van der Waals surface area contributed by atoms with E-state index in [1.54, 1.807) is 7.11 Å². The van der Waals surface area contributed by atoms with Crippen LogP contribution in [-0.2, 0) is 16.0 Å². The Bertz CT molecular complexity index is 897. The molecule has 164 valence electrons. The zero-order valence-electron chi connectivity index (χ0n) is 18.2. The number of carbonyl (C=O) groups is 2. The Kier molecular flexibility index (Phi) is 8.06. The van der Waals surface area contributed by atoms with Crippen LogP contribution < -0.4 is 20.4 Å². The highest BCUT2D eigenvalue weighted by molar-refractivity contribution is 5.88. The molecule has 7 nitrogen and oxygen atoms in total. The molecule has 7 heteroatoms. The van der Waals surface area contributed by atoms with Gasteiger partial charge in [-0.15, -0.1) is 0 Å². The van der Waals surface area contributed by atoms with Crippen molar-refractivity contribution < 1.29 is 19.2 Å². The first-order valence-corrected chi connectivity index (χ1v) is 10.6. The second-order valence-electron chi connectivity index (χ2n) is 7.68. The second-order valence-corrected chi connectivity index (χ2v) is 7.68. The molecule has 2 amide bonds. The third-order valence-electron chi connectivity index (χ3n) is 5.30. The molecule has 1 heterocycles. The van der Waals surface area contributed by atoms with Crippen LogP contribution in [0.2, 0.25) is 0 Å². The van der Waals surface area contributed by atoms with Crippen molar-refractivity contribution >= 4 is 17.5 Å². The van der Waals surface area contributed by atoms with Gasteiger partial charge in [0, 0.05) is 12.8 Å². The molecule has 0 bridgehead atoms. The molecule has 0 saturated carbocycles. The van der Waals surface area contributed by atoms with Crippen molar-refractivity contribution in [3.63, 3.8) is 0 Å². The molecule has 31 heavy (non-hydrogen) atoms. The van der Waals surface area contributed by atoms with Crippen molar-refractivity contribution in [2.24, 2.45) is 0 Å². The van der Waals surface area contributed by atoms with Crippen molar-refractivity contribution in [3.8, 4) is 5.75 Å². The van der Waals surface area contributed by atoms with E-state index in [9.17, 15) is 9.59 Å². The topological polar surface area (TPSA) is 75.1 Å². The van der Waals surface area contributed by atoms with Gasteiger partial charge in [-0.3, -0.25) is 15.0 Å². The lowest BCUT2D eigenvalue weighted by Crippen LogP contribution is -3.10. The highest BCUT2D eigenvalue weighted by Gasteiger charge is 2.22. The maximum absolute atomic E-state index is 12.4. The second kappa shape index (κ2) is 11.2. The molecular weight excluding hydrogens is 392 g/mol. The fourth-order valence-corrected chi connectivity index (χ4v) is 3.38. The summed E-state index contributed by atoms with van der Waals surface area (Å²) < 4.78 is 5.18. The van der Waals surface area contributed by atoms with E-state index in [-0.39, 0.29) is 24.8 Å². The van der Waals surface area contributed by atoms with Crippen molar-refractivity contribution in [1.82, 2.24) is 15.8 Å². The predicted octanol–water partition coefficient (Wildman–Crippen LogP) is 0.647. The fourth-order valence-electron chi connectivity index (χ4n) is 3.38. The molecule has 0 aromatic heterocycles. The maximum Gasteiger partial charge on any atom is 0.245 e. The van der Waals surface area contributed by atoms with E-state index in [0.717, 1.165) is 36.5 Å². The number of hydrazine groups is 1. The number of quaternary nitrogens is 1. The number of rotatable bonds is 10. The molecule has 1 aliphatic heterocycles. The maximum atomic E-state index is 12.4. The first-order valence-electron chi connectivity index (χ1n) is 10.6. The number of likely N-dealkylation sites (N-methyl/N-ethyl adjacent to an activating group) is 1. The van der Waals surface area contributed by atoms with E-state index in [2.05, 4.69) is 42.1 Å². The summed E-state index contributed by atoms with van der Waals surface area (Å²) in [6.07, 6.45) is 3.10. The highest BCUT2D eigenvalue weighted by Crippen LogP contribution is 2.20. The molecule has 0 aliphatic carbocycles. The van der Waals surface area contributed by atoms with Crippen LogP contribution in [0.1, 0.15) is 17.5 Å². The number of nitrogens with one attached hydrogen (secondary N) is 3. The summed E-state index contributed by atoms with van der Waals surface area (Å²) in [5.74, 6) is 0.467. The minimum Gasteiger partial charge on any atom is -0.497 e. The number of nitrogens with zero attached hydrogens (tertiary/aromatic N) is 1. The summed E-state index contributed by atoms with van der Waals surface area (Å²) in [5, 5.41) is 4.30. The Morgan fingerprint density at radius 2 is 1.87 bits per heavy atom. The molecule has 3 N–H and O–H groups in total. The Morgan fingerprint density at radius 3 is 2.58 bits per heavy atom. The Labute approximate surface area is 183 Å². The van der Waals surface area contributed by atoms with Crippen LogP contribution in [0.4, 0.5) is 0 Å². The van der Waals surface area contributed by atoms with Crippen molar-refractivity contribution in [3.05, 3.63) is 71.8 Å². The molecule has 1 unspecified atom stereocenters. The monoisotopic (exact) mass is 423 g/mol. The van der Waals surface area contributed by atoms with Crippen molar-refractivity contribution in [2.45, 2.75) is 12.8 Å². The van der Waals surface area contributed by atoms with Gasteiger partial charge >= 0.3 is 0 Å². The molecule has 0 fully saturated rings. The van der Waals surface area contributed by atoms with Crippen molar-refractivity contribution in [1.29, 1.82) is 0 Å². The van der Waals surface area contributed by atoms with E-state index < -0.39 is 0 Å². The number of carbonyl (C=O) groups excluding carboxylic acids is 2. The number of hydrogen-bond acceptors (Lipinski definition) is 4. The van der Waals surface area contributed by atoms with Crippen LogP contribution in [0.25, 0.3) is 5.70 Å². The van der Waals surface area contributed by atoms with E-state index in [4.69, 9.17) is 4.74 Å². The normalized spacial score (nSPS) is 14.5. The molecule has 2 aromatic carbocycles. The lowest BCUT2D eigenvalue weighted by molar-refractivity contribution is -0.878. The third-order valence-corrected chi connectivity index (χ3v) is 5.30. The molecule has 0 saturated heterocycles. The van der Waals surface area contributed by atoms with Gasteiger partial charge in [0.05, 0.1) is 39.5 Å². The number of methoxy groups -OCH3 is 1. The number of ether oxygens (including phenoxy) is 1. The first kappa shape index (κ1) is 22.4. The van der Waals surface area contributed by atoms with Gasteiger partial charge < -0.3 is 15.0 Å². The van der Waals surface area contributed by atoms with Gasteiger partial charge in [-0.1, -0.05) is 30.3 Å². The summed E-state index contributed by atoms with van der Waals surface area (Å²) in [7, 11) is 3.74. The van der Waals surface area contributed by atoms with E-state index >= 15 is 0 Å². The summed E-state index contributed by atoms with van der Waals surface area (Å²) in [5.41, 5.74) is 6.12. The zero-order chi connectivity index (χ0) is 22.1. The van der Waals surface area contributed by atoms with Crippen LogP contribution >= 0.6 is 0 Å². The Hall–Kier alpha value is -3.32. The minimum absolute atomic E-state index is 0.0185. The van der Waals surface area contributed by atoms with Gasteiger partial charge in [-0.2, -0.15) is 0 Å². The fraction of sp³-hybridized carbons (Fsp3) is 0.333. The lowest BCUT2D eigenvalue weighted by atomic mass is 10.1. The molecule has 1 aliphatic rings. The average Bonchev–Trinajstić information content (AvgIpc) is 2.80. The van der Waals surface area contributed by atoms with Gasteiger partial charge in [-0.25, -0.2) is 5.01 Å². The van der Waals surface area contributed by atoms with Crippen LogP contribution in [0.5, 0.6) is 5.75 Å². The zero-order valence-corrected chi connectivity index (χ0v) is 18.2. The summed E-state index contributed by atoms with van der Waals surface area (Å²) in [6, 6.07) is 17.9. The van der Waals surface area contributed by atoms with Gasteiger partial charge in [0.25, 0.3) is 0 Å². The van der Waals surface area contributed by atoms with E-state index in [1.165, 1.54) is 15.5 Å².